The highest BCUT2D eigenvalue weighted by Gasteiger charge is 2.36. The average Bonchev–Trinajstić information content (AvgIpc) is 3.48. The van der Waals surface area contributed by atoms with Gasteiger partial charge in [0.25, 0.3) is 5.56 Å². The lowest BCUT2D eigenvalue weighted by Gasteiger charge is -2.32. The fraction of sp³-hybridized carbons (Fsp3) is 0.500. The number of likely N-dealkylation sites (tertiary alicyclic amines) is 1. The molecular formula is C40H46F4N4O5. The molecule has 0 radical (unpaired) electrons. The molecule has 1 amide bonds. The zero-order chi connectivity index (χ0) is 38.7. The number of aryl methyl sites for hydroxylation is 2. The number of carboxylic acids is 1. The average molecular weight is 739 g/mol. The minimum atomic E-state index is -4.83. The van der Waals surface area contributed by atoms with Crippen molar-refractivity contribution in [1.82, 2.24) is 19.8 Å². The molecule has 0 saturated carbocycles. The first-order chi connectivity index (χ1) is 24.9. The molecule has 2 fully saturated rings. The minimum Gasteiger partial charge on any atom is -0.481 e. The number of pyridine rings is 2. The van der Waals surface area contributed by atoms with Gasteiger partial charge in [0.15, 0.2) is 0 Å². The van der Waals surface area contributed by atoms with Gasteiger partial charge in [0.1, 0.15) is 17.9 Å². The summed E-state index contributed by atoms with van der Waals surface area (Å²) < 4.78 is 62.7. The van der Waals surface area contributed by atoms with Crippen LogP contribution in [0.1, 0.15) is 85.8 Å². The number of carbonyl (C=O) groups is 2. The maximum absolute atomic E-state index is 14.2. The molecule has 1 aromatic carbocycles. The van der Waals surface area contributed by atoms with E-state index in [1.54, 1.807) is 24.8 Å². The molecule has 2 N–H and O–H groups in total. The van der Waals surface area contributed by atoms with Gasteiger partial charge in [-0.15, -0.1) is 0 Å². The van der Waals surface area contributed by atoms with Crippen LogP contribution in [-0.2, 0) is 26.9 Å². The Morgan fingerprint density at radius 3 is 2.42 bits per heavy atom. The molecule has 0 aliphatic carbocycles. The fourth-order valence-electron chi connectivity index (χ4n) is 6.93. The summed E-state index contributed by atoms with van der Waals surface area (Å²) >= 11 is 0. The highest BCUT2D eigenvalue weighted by Crippen LogP contribution is 2.34. The van der Waals surface area contributed by atoms with E-state index in [1.165, 1.54) is 0 Å². The Morgan fingerprint density at radius 2 is 1.85 bits per heavy atom. The number of carboxylic acid groups (broad SMARTS) is 1. The van der Waals surface area contributed by atoms with Crippen molar-refractivity contribution in [3.63, 3.8) is 0 Å². The van der Waals surface area contributed by atoms with Gasteiger partial charge in [-0.1, -0.05) is 38.0 Å². The Kier molecular flexibility index (Phi) is 12.1. The number of benzene rings is 1. The molecule has 3 atom stereocenters. The van der Waals surface area contributed by atoms with Crippen molar-refractivity contribution in [2.75, 3.05) is 32.8 Å². The largest absolute Gasteiger partial charge is 0.481 e. The van der Waals surface area contributed by atoms with Crippen molar-refractivity contribution in [2.45, 2.75) is 84.7 Å². The molecule has 5 rings (SSSR count). The number of aliphatic carboxylic acids is 1. The van der Waals surface area contributed by atoms with Gasteiger partial charge in [-0.3, -0.25) is 14.4 Å². The van der Waals surface area contributed by atoms with Gasteiger partial charge in [-0.2, -0.15) is 13.2 Å². The van der Waals surface area contributed by atoms with Crippen molar-refractivity contribution in [3.05, 3.63) is 86.6 Å². The Hall–Kier alpha value is -4.54. The van der Waals surface area contributed by atoms with Crippen molar-refractivity contribution in [3.8, 4) is 23.0 Å². The van der Waals surface area contributed by atoms with Crippen LogP contribution in [0.5, 0.6) is 0 Å². The first-order valence-corrected chi connectivity index (χ1v) is 17.8. The molecule has 2 aliphatic heterocycles. The summed E-state index contributed by atoms with van der Waals surface area (Å²) in [5.41, 5.74) is 1.43. The lowest BCUT2D eigenvalue weighted by molar-refractivity contribution is -0.139. The van der Waals surface area contributed by atoms with Gasteiger partial charge in [-0.05, 0) is 91.8 Å². The third kappa shape index (κ3) is 9.91. The van der Waals surface area contributed by atoms with Crippen LogP contribution in [0.3, 0.4) is 0 Å². The molecule has 2 aliphatic rings. The standard InChI is InChI=1S/C40H46F4N4O5/c1-24(2)15-34(48-20-27(10-13-47-14-11-29(41)21-47)31(18-35(48)49)40(42,43)44)38(52)46-33(19-36(50)51)32-17-28(37-25(3)7-6-8-26(37)4)16-30(45-32)9-12-39(5)22-53-23-39/h6-8,16-18,20,24,29,33-34H,10-11,13-15,19,21-23H2,1-5H3,(H,46,52)(H,50,51)/t29-,33+,34+/m1/s1. The van der Waals surface area contributed by atoms with Gasteiger partial charge in [0.2, 0.25) is 5.91 Å². The van der Waals surface area contributed by atoms with Crippen LogP contribution in [0, 0.1) is 37.0 Å². The molecule has 3 aromatic rings. The Morgan fingerprint density at radius 1 is 1.15 bits per heavy atom. The molecular weight excluding hydrogens is 692 g/mol. The molecule has 53 heavy (non-hydrogen) atoms. The van der Waals surface area contributed by atoms with Gasteiger partial charge >= 0.3 is 12.1 Å². The van der Waals surface area contributed by atoms with Crippen molar-refractivity contribution < 1.29 is 37.0 Å². The number of carbonyl (C=O) groups excluding carboxylic acids is 1. The number of alkyl halides is 4. The van der Waals surface area contributed by atoms with Crippen LogP contribution >= 0.6 is 0 Å². The van der Waals surface area contributed by atoms with E-state index in [4.69, 9.17) is 9.72 Å². The lowest BCUT2D eigenvalue weighted by Crippen LogP contribution is -2.41. The van der Waals surface area contributed by atoms with Crippen molar-refractivity contribution in [1.29, 1.82) is 0 Å². The summed E-state index contributed by atoms with van der Waals surface area (Å²) in [4.78, 5) is 46.3. The second kappa shape index (κ2) is 16.2. The number of rotatable bonds is 12. The quantitative estimate of drug-likeness (QED) is 0.163. The zero-order valence-corrected chi connectivity index (χ0v) is 30.6. The van der Waals surface area contributed by atoms with E-state index in [2.05, 4.69) is 17.2 Å². The van der Waals surface area contributed by atoms with Crippen molar-refractivity contribution >= 4 is 11.9 Å². The second-order valence-corrected chi connectivity index (χ2v) is 14.9. The third-order valence-corrected chi connectivity index (χ3v) is 9.71. The molecule has 0 spiro atoms. The smallest absolute Gasteiger partial charge is 0.416 e. The number of hydrogen-bond acceptors (Lipinski definition) is 6. The number of halogens is 4. The first kappa shape index (κ1) is 39.7. The highest BCUT2D eigenvalue weighted by molar-refractivity contribution is 5.82. The Labute approximate surface area is 306 Å². The van der Waals surface area contributed by atoms with Crippen LogP contribution in [0.15, 0.2) is 47.4 Å². The van der Waals surface area contributed by atoms with Crippen LogP contribution in [0.25, 0.3) is 11.1 Å². The monoisotopic (exact) mass is 738 g/mol. The van der Waals surface area contributed by atoms with Gasteiger partial charge in [0.05, 0.1) is 42.3 Å². The Bertz CT molecular complexity index is 1940. The fourth-order valence-corrected chi connectivity index (χ4v) is 6.93. The first-order valence-electron chi connectivity index (χ1n) is 17.8. The summed E-state index contributed by atoms with van der Waals surface area (Å²) in [7, 11) is 0. The maximum atomic E-state index is 14.2. The number of nitrogens with one attached hydrogen (secondary N) is 1. The van der Waals surface area contributed by atoms with Crippen LogP contribution < -0.4 is 10.9 Å². The SMILES string of the molecule is Cc1cccc(C)c1-c1cc(C#CC2(C)COC2)nc([C@H](CC(=O)O)NC(=O)[C@H](CC(C)C)n2cc(CCN3CC[C@@H](F)C3)c(C(F)(F)F)cc2=O)c1. The molecule has 0 unspecified atom stereocenters. The highest BCUT2D eigenvalue weighted by atomic mass is 19.4. The number of nitrogens with zero attached hydrogens (tertiary/aromatic N) is 3. The van der Waals surface area contributed by atoms with E-state index in [0.29, 0.717) is 43.5 Å². The molecule has 0 bridgehead atoms. The van der Waals surface area contributed by atoms with Gasteiger partial charge in [-0.25, -0.2) is 9.37 Å². The Balaban J connectivity index is 1.55. The summed E-state index contributed by atoms with van der Waals surface area (Å²) in [6.45, 7) is 11.1. The van der Waals surface area contributed by atoms with Gasteiger partial charge < -0.3 is 24.6 Å². The predicted molar refractivity (Wildman–Crippen MR) is 192 cm³/mol. The van der Waals surface area contributed by atoms with E-state index in [9.17, 15) is 37.1 Å². The maximum Gasteiger partial charge on any atom is 0.416 e. The topological polar surface area (TPSA) is 114 Å². The lowest BCUT2D eigenvalue weighted by atomic mass is 9.89. The predicted octanol–water partition coefficient (Wildman–Crippen LogP) is 6.44. The van der Waals surface area contributed by atoms with E-state index in [-0.39, 0.29) is 48.5 Å². The number of hydrogen-bond donors (Lipinski definition) is 2. The van der Waals surface area contributed by atoms with Crippen LogP contribution in [0.2, 0.25) is 0 Å². The summed E-state index contributed by atoms with van der Waals surface area (Å²) in [5, 5.41) is 12.8. The third-order valence-electron chi connectivity index (χ3n) is 9.71. The van der Waals surface area contributed by atoms with E-state index < -0.39 is 53.9 Å². The molecule has 9 nitrogen and oxygen atoms in total. The van der Waals surface area contributed by atoms with Crippen LogP contribution in [-0.4, -0.2) is 70.5 Å². The van der Waals surface area contributed by atoms with E-state index in [0.717, 1.165) is 27.5 Å². The van der Waals surface area contributed by atoms with Crippen LogP contribution in [0.4, 0.5) is 17.6 Å². The number of aromatic nitrogens is 2. The summed E-state index contributed by atoms with van der Waals surface area (Å²) in [6.07, 6.45) is -5.14. The van der Waals surface area contributed by atoms with Gasteiger partial charge in [0, 0.05) is 31.9 Å². The second-order valence-electron chi connectivity index (χ2n) is 14.9. The minimum absolute atomic E-state index is 0.0687. The molecule has 2 saturated heterocycles. The van der Waals surface area contributed by atoms with E-state index >= 15 is 0 Å². The number of amides is 1. The summed E-state index contributed by atoms with van der Waals surface area (Å²) in [5.74, 6) is 4.16. The van der Waals surface area contributed by atoms with E-state index in [1.807, 2.05) is 45.0 Å². The molecule has 284 valence electrons. The molecule has 2 aromatic heterocycles. The number of ether oxygens (including phenoxy) is 1. The zero-order valence-electron chi connectivity index (χ0n) is 30.6. The van der Waals surface area contributed by atoms with Crippen molar-refractivity contribution in [2.24, 2.45) is 11.3 Å². The normalized spacial score (nSPS) is 18.2. The molecule has 4 heterocycles. The summed E-state index contributed by atoms with van der Waals surface area (Å²) in [6, 6.07) is 7.39. The molecule has 13 heteroatoms.